The molecule has 0 bridgehead atoms. The van der Waals surface area contributed by atoms with Gasteiger partial charge < -0.3 is 15.2 Å². The highest BCUT2D eigenvalue weighted by Gasteiger charge is 2.17. The zero-order valence-corrected chi connectivity index (χ0v) is 9.70. The van der Waals surface area contributed by atoms with Gasteiger partial charge in [0, 0.05) is 18.2 Å². The van der Waals surface area contributed by atoms with Gasteiger partial charge in [0.1, 0.15) is 0 Å². The summed E-state index contributed by atoms with van der Waals surface area (Å²) in [7, 11) is 0. The summed E-state index contributed by atoms with van der Waals surface area (Å²) >= 11 is 0. The molecule has 1 aliphatic carbocycles. The Bertz CT molecular complexity index is 348. The van der Waals surface area contributed by atoms with Crippen molar-refractivity contribution in [3.63, 3.8) is 0 Å². The molecule has 2 N–H and O–H groups in total. The lowest BCUT2D eigenvalue weighted by Gasteiger charge is -2.26. The van der Waals surface area contributed by atoms with Crippen molar-refractivity contribution in [2.45, 2.75) is 38.8 Å². The van der Waals surface area contributed by atoms with Gasteiger partial charge in [0.05, 0.1) is 6.61 Å². The number of hydrogen-bond donors (Lipinski definition) is 2. The number of phenols is 1. The fraction of sp³-hybridized carbons (Fsp3) is 0.538. The van der Waals surface area contributed by atoms with Crippen LogP contribution in [0.3, 0.4) is 0 Å². The van der Waals surface area contributed by atoms with Crippen LogP contribution < -0.4 is 10.1 Å². The number of para-hydroxylation sites is 1. The molecular weight excluding hydrogens is 202 g/mol. The Hall–Kier alpha value is -1.22. The highest BCUT2D eigenvalue weighted by atomic mass is 16.5. The van der Waals surface area contributed by atoms with Crippen molar-refractivity contribution < 1.29 is 9.84 Å². The van der Waals surface area contributed by atoms with Crippen molar-refractivity contribution in [3.8, 4) is 11.5 Å². The summed E-state index contributed by atoms with van der Waals surface area (Å²) in [6.07, 6.45) is 3.83. The van der Waals surface area contributed by atoms with E-state index in [1.54, 1.807) is 6.07 Å². The maximum atomic E-state index is 9.96. The smallest absolute Gasteiger partial charge is 0.162 e. The van der Waals surface area contributed by atoms with Crippen LogP contribution in [0.1, 0.15) is 31.7 Å². The topological polar surface area (TPSA) is 41.5 Å². The molecule has 3 nitrogen and oxygen atoms in total. The standard InChI is InChI=1S/C13H19NO2/c1-2-16-12-8-3-5-10(13(12)15)9-14-11-6-4-7-11/h3,5,8,11,14-15H,2,4,6-7,9H2,1H3. The SMILES string of the molecule is CCOc1cccc(CNC2CCC2)c1O. The number of nitrogens with one attached hydrogen (secondary N) is 1. The third-order valence-corrected chi connectivity index (χ3v) is 3.07. The van der Waals surface area contributed by atoms with E-state index in [0.717, 1.165) is 12.1 Å². The van der Waals surface area contributed by atoms with Crippen molar-refractivity contribution in [1.29, 1.82) is 0 Å². The summed E-state index contributed by atoms with van der Waals surface area (Å²) in [5.41, 5.74) is 0.915. The fourth-order valence-electron chi connectivity index (χ4n) is 1.85. The van der Waals surface area contributed by atoms with Gasteiger partial charge in [-0.05, 0) is 25.8 Å². The van der Waals surface area contributed by atoms with E-state index in [1.165, 1.54) is 19.3 Å². The predicted octanol–water partition coefficient (Wildman–Crippen LogP) is 2.43. The Balaban J connectivity index is 1.98. The Kier molecular flexibility index (Phi) is 3.67. The monoisotopic (exact) mass is 221 g/mol. The van der Waals surface area contributed by atoms with Gasteiger partial charge in [0.25, 0.3) is 0 Å². The molecule has 0 saturated heterocycles. The van der Waals surface area contributed by atoms with E-state index in [4.69, 9.17) is 4.74 Å². The van der Waals surface area contributed by atoms with Crippen LogP contribution in [0.4, 0.5) is 0 Å². The average molecular weight is 221 g/mol. The van der Waals surface area contributed by atoms with E-state index in [2.05, 4.69) is 5.32 Å². The van der Waals surface area contributed by atoms with E-state index in [-0.39, 0.29) is 5.75 Å². The molecule has 1 aliphatic rings. The normalized spacial score (nSPS) is 15.8. The second-order valence-corrected chi connectivity index (χ2v) is 4.21. The predicted molar refractivity (Wildman–Crippen MR) is 63.8 cm³/mol. The second-order valence-electron chi connectivity index (χ2n) is 4.21. The number of aromatic hydroxyl groups is 1. The summed E-state index contributed by atoms with van der Waals surface area (Å²) in [5.74, 6) is 0.853. The summed E-state index contributed by atoms with van der Waals surface area (Å²) in [4.78, 5) is 0. The molecule has 1 aromatic carbocycles. The molecule has 3 heteroatoms. The molecular formula is C13H19NO2. The van der Waals surface area contributed by atoms with Crippen LogP contribution in [0.2, 0.25) is 0 Å². The van der Waals surface area contributed by atoms with Gasteiger partial charge in [0.2, 0.25) is 0 Å². The summed E-state index contributed by atoms with van der Waals surface area (Å²) < 4.78 is 5.35. The van der Waals surface area contributed by atoms with E-state index >= 15 is 0 Å². The minimum Gasteiger partial charge on any atom is -0.504 e. The lowest BCUT2D eigenvalue weighted by molar-refractivity contribution is 0.312. The van der Waals surface area contributed by atoms with Crippen LogP contribution in [0, 0.1) is 0 Å². The third kappa shape index (κ3) is 2.47. The van der Waals surface area contributed by atoms with Gasteiger partial charge >= 0.3 is 0 Å². The molecule has 1 aromatic rings. The van der Waals surface area contributed by atoms with Crippen LogP contribution in [0.25, 0.3) is 0 Å². The van der Waals surface area contributed by atoms with Crippen molar-refractivity contribution >= 4 is 0 Å². The quantitative estimate of drug-likeness (QED) is 0.802. The third-order valence-electron chi connectivity index (χ3n) is 3.07. The summed E-state index contributed by atoms with van der Waals surface area (Å²) in [6, 6.07) is 6.28. The molecule has 2 rings (SSSR count). The minimum absolute atomic E-state index is 0.274. The Labute approximate surface area is 96.4 Å². The maximum Gasteiger partial charge on any atom is 0.162 e. The number of phenolic OH excluding ortho intramolecular Hbond substituents is 1. The minimum atomic E-state index is 0.274. The zero-order valence-electron chi connectivity index (χ0n) is 9.70. The van der Waals surface area contributed by atoms with E-state index in [9.17, 15) is 5.11 Å². The van der Waals surface area contributed by atoms with Crippen molar-refractivity contribution in [2.24, 2.45) is 0 Å². The molecule has 0 atom stereocenters. The molecule has 0 amide bonds. The number of benzene rings is 1. The van der Waals surface area contributed by atoms with Crippen LogP contribution in [-0.2, 0) is 6.54 Å². The van der Waals surface area contributed by atoms with Gasteiger partial charge in [-0.1, -0.05) is 18.6 Å². The van der Waals surface area contributed by atoms with Crippen molar-refractivity contribution in [1.82, 2.24) is 5.32 Å². The first-order valence-corrected chi connectivity index (χ1v) is 5.98. The van der Waals surface area contributed by atoms with Crippen molar-refractivity contribution in [2.75, 3.05) is 6.61 Å². The van der Waals surface area contributed by atoms with Gasteiger partial charge in [0.15, 0.2) is 11.5 Å². The van der Waals surface area contributed by atoms with Crippen LogP contribution in [-0.4, -0.2) is 17.8 Å². The fourth-order valence-corrected chi connectivity index (χ4v) is 1.85. The Morgan fingerprint density at radius 3 is 2.88 bits per heavy atom. The first-order chi connectivity index (χ1) is 7.81. The molecule has 1 saturated carbocycles. The molecule has 0 radical (unpaired) electrons. The highest BCUT2D eigenvalue weighted by Crippen LogP contribution is 2.30. The molecule has 0 spiro atoms. The summed E-state index contributed by atoms with van der Waals surface area (Å²) in [5, 5.41) is 13.4. The molecule has 0 unspecified atom stereocenters. The average Bonchev–Trinajstić information content (AvgIpc) is 2.21. The molecule has 0 heterocycles. The molecule has 0 aliphatic heterocycles. The molecule has 88 valence electrons. The van der Waals surface area contributed by atoms with Crippen molar-refractivity contribution in [3.05, 3.63) is 23.8 Å². The number of hydrogen-bond acceptors (Lipinski definition) is 3. The molecule has 0 aromatic heterocycles. The van der Waals surface area contributed by atoms with Gasteiger partial charge in [-0.15, -0.1) is 0 Å². The Morgan fingerprint density at radius 2 is 2.25 bits per heavy atom. The highest BCUT2D eigenvalue weighted by molar-refractivity contribution is 5.45. The lowest BCUT2D eigenvalue weighted by atomic mass is 9.93. The maximum absolute atomic E-state index is 9.96. The molecule has 16 heavy (non-hydrogen) atoms. The Morgan fingerprint density at radius 1 is 1.44 bits per heavy atom. The van der Waals surface area contributed by atoms with Crippen LogP contribution in [0.15, 0.2) is 18.2 Å². The first-order valence-electron chi connectivity index (χ1n) is 5.98. The zero-order chi connectivity index (χ0) is 11.4. The van der Waals surface area contributed by atoms with Gasteiger partial charge in [-0.2, -0.15) is 0 Å². The van der Waals surface area contributed by atoms with E-state index < -0.39 is 0 Å². The number of rotatable bonds is 5. The van der Waals surface area contributed by atoms with Gasteiger partial charge in [-0.25, -0.2) is 0 Å². The molecule has 1 fully saturated rings. The second kappa shape index (κ2) is 5.21. The first kappa shape index (κ1) is 11.3. The largest absolute Gasteiger partial charge is 0.504 e. The van der Waals surface area contributed by atoms with Gasteiger partial charge in [-0.3, -0.25) is 0 Å². The van der Waals surface area contributed by atoms with E-state index in [0.29, 0.717) is 18.4 Å². The van der Waals surface area contributed by atoms with E-state index in [1.807, 2.05) is 19.1 Å². The number of ether oxygens (including phenoxy) is 1. The van der Waals surface area contributed by atoms with Crippen LogP contribution >= 0.6 is 0 Å². The lowest BCUT2D eigenvalue weighted by Crippen LogP contribution is -2.34. The van der Waals surface area contributed by atoms with Crippen LogP contribution in [0.5, 0.6) is 11.5 Å². The summed E-state index contributed by atoms with van der Waals surface area (Å²) in [6.45, 7) is 3.21.